The molecule has 2 aromatic rings. The summed E-state index contributed by atoms with van der Waals surface area (Å²) in [6, 6.07) is 0. The van der Waals surface area contributed by atoms with Crippen molar-refractivity contribution in [3.05, 3.63) is 18.2 Å². The molecule has 0 radical (unpaired) electrons. The summed E-state index contributed by atoms with van der Waals surface area (Å²) in [4.78, 5) is 6.55. The van der Waals surface area contributed by atoms with E-state index in [0.717, 1.165) is 17.3 Å². The van der Waals surface area contributed by atoms with Crippen LogP contribution in [-0.2, 0) is 4.74 Å². The van der Waals surface area contributed by atoms with Crippen molar-refractivity contribution in [3.8, 4) is 0 Å². The SMILES string of the molecule is Cc1nnc2c(N3CC(CO)OC(C)(C)C3)nccn12. The van der Waals surface area contributed by atoms with Crippen molar-refractivity contribution in [2.24, 2.45) is 0 Å². The molecule has 2 aromatic heterocycles. The van der Waals surface area contributed by atoms with Crippen LogP contribution in [0.25, 0.3) is 5.65 Å². The molecule has 108 valence electrons. The van der Waals surface area contributed by atoms with Crippen LogP contribution >= 0.6 is 0 Å². The van der Waals surface area contributed by atoms with Crippen molar-refractivity contribution < 1.29 is 9.84 Å². The predicted octanol–water partition coefficient (Wildman–Crippen LogP) is 0.409. The van der Waals surface area contributed by atoms with Crippen LogP contribution in [0.3, 0.4) is 0 Å². The average Bonchev–Trinajstić information content (AvgIpc) is 2.79. The molecule has 1 aliphatic rings. The zero-order valence-electron chi connectivity index (χ0n) is 11.9. The highest BCUT2D eigenvalue weighted by molar-refractivity contribution is 5.64. The van der Waals surface area contributed by atoms with Crippen molar-refractivity contribution in [2.45, 2.75) is 32.5 Å². The average molecular weight is 277 g/mol. The number of fused-ring (bicyclic) bond motifs is 1. The van der Waals surface area contributed by atoms with Gasteiger partial charge in [0.05, 0.1) is 18.3 Å². The Hall–Kier alpha value is -1.73. The standard InChI is InChI=1S/C13H19N5O2/c1-9-15-16-12-11(14-4-5-18(9)12)17-6-10(7-19)20-13(2,3)8-17/h4-5,10,19H,6-8H2,1-3H3. The summed E-state index contributed by atoms with van der Waals surface area (Å²) in [6.07, 6.45) is 3.38. The third kappa shape index (κ3) is 2.23. The van der Waals surface area contributed by atoms with E-state index >= 15 is 0 Å². The summed E-state index contributed by atoms with van der Waals surface area (Å²) in [6.45, 7) is 7.22. The molecule has 0 spiro atoms. The number of hydrogen-bond donors (Lipinski definition) is 1. The normalized spacial score (nSPS) is 22.4. The summed E-state index contributed by atoms with van der Waals surface area (Å²) in [7, 11) is 0. The Labute approximate surface area is 117 Å². The van der Waals surface area contributed by atoms with E-state index in [1.54, 1.807) is 6.20 Å². The van der Waals surface area contributed by atoms with Crippen molar-refractivity contribution in [2.75, 3.05) is 24.6 Å². The van der Waals surface area contributed by atoms with Gasteiger partial charge in [-0.1, -0.05) is 0 Å². The van der Waals surface area contributed by atoms with E-state index in [4.69, 9.17) is 4.74 Å². The molecular weight excluding hydrogens is 258 g/mol. The second-order valence-electron chi connectivity index (χ2n) is 5.75. The maximum absolute atomic E-state index is 9.40. The smallest absolute Gasteiger partial charge is 0.203 e. The molecule has 1 fully saturated rings. The topological polar surface area (TPSA) is 75.8 Å². The zero-order valence-corrected chi connectivity index (χ0v) is 11.9. The number of anilines is 1. The number of aromatic nitrogens is 4. The van der Waals surface area contributed by atoms with Crippen LogP contribution in [0, 0.1) is 6.92 Å². The quantitative estimate of drug-likeness (QED) is 0.857. The Morgan fingerprint density at radius 1 is 1.45 bits per heavy atom. The van der Waals surface area contributed by atoms with Gasteiger partial charge in [0, 0.05) is 25.5 Å². The van der Waals surface area contributed by atoms with E-state index in [1.807, 2.05) is 31.4 Å². The number of aliphatic hydroxyl groups is 1. The lowest BCUT2D eigenvalue weighted by Crippen LogP contribution is -2.54. The highest BCUT2D eigenvalue weighted by Crippen LogP contribution is 2.26. The first-order valence-corrected chi connectivity index (χ1v) is 6.70. The highest BCUT2D eigenvalue weighted by atomic mass is 16.5. The van der Waals surface area contributed by atoms with E-state index in [1.165, 1.54) is 0 Å². The second-order valence-corrected chi connectivity index (χ2v) is 5.75. The highest BCUT2D eigenvalue weighted by Gasteiger charge is 2.34. The van der Waals surface area contributed by atoms with Crippen molar-refractivity contribution in [1.29, 1.82) is 0 Å². The molecule has 1 N–H and O–H groups in total. The molecule has 7 nitrogen and oxygen atoms in total. The minimum atomic E-state index is -0.338. The van der Waals surface area contributed by atoms with Gasteiger partial charge in [0.2, 0.25) is 5.65 Å². The van der Waals surface area contributed by atoms with Crippen molar-refractivity contribution in [1.82, 2.24) is 19.6 Å². The Morgan fingerprint density at radius 3 is 3.00 bits per heavy atom. The maximum Gasteiger partial charge on any atom is 0.203 e. The molecule has 3 rings (SSSR count). The van der Waals surface area contributed by atoms with Crippen molar-refractivity contribution in [3.63, 3.8) is 0 Å². The van der Waals surface area contributed by atoms with Crippen LogP contribution in [0.4, 0.5) is 5.82 Å². The molecule has 7 heteroatoms. The third-order valence-corrected chi connectivity index (χ3v) is 3.46. The van der Waals surface area contributed by atoms with Crippen LogP contribution in [0.1, 0.15) is 19.7 Å². The summed E-state index contributed by atoms with van der Waals surface area (Å²) in [5, 5.41) is 17.7. The number of ether oxygens (including phenoxy) is 1. The van der Waals surface area contributed by atoms with Gasteiger partial charge >= 0.3 is 0 Å². The lowest BCUT2D eigenvalue weighted by atomic mass is 10.1. The van der Waals surface area contributed by atoms with E-state index in [9.17, 15) is 5.11 Å². The molecule has 1 atom stereocenters. The van der Waals surface area contributed by atoms with Gasteiger partial charge in [0.1, 0.15) is 5.82 Å². The first kappa shape index (κ1) is 13.3. The van der Waals surface area contributed by atoms with E-state index in [0.29, 0.717) is 13.1 Å². The molecule has 0 amide bonds. The van der Waals surface area contributed by atoms with Crippen LogP contribution in [0.5, 0.6) is 0 Å². The number of aliphatic hydroxyl groups excluding tert-OH is 1. The fourth-order valence-electron chi connectivity index (χ4n) is 2.70. The summed E-state index contributed by atoms with van der Waals surface area (Å²) < 4.78 is 7.75. The Bertz CT molecular complexity index is 624. The second kappa shape index (κ2) is 4.68. The van der Waals surface area contributed by atoms with Gasteiger partial charge in [-0.15, -0.1) is 10.2 Å². The van der Waals surface area contributed by atoms with E-state index in [2.05, 4.69) is 20.1 Å². The van der Waals surface area contributed by atoms with Crippen LogP contribution in [0.2, 0.25) is 0 Å². The fourth-order valence-corrected chi connectivity index (χ4v) is 2.70. The fraction of sp³-hybridized carbons (Fsp3) is 0.615. The number of nitrogens with zero attached hydrogens (tertiary/aromatic N) is 5. The number of rotatable bonds is 2. The van der Waals surface area contributed by atoms with Crippen molar-refractivity contribution >= 4 is 11.5 Å². The van der Waals surface area contributed by atoms with Gasteiger partial charge in [-0.3, -0.25) is 4.40 Å². The minimum absolute atomic E-state index is 0.00519. The molecule has 1 aliphatic heterocycles. The summed E-state index contributed by atoms with van der Waals surface area (Å²) in [5.74, 6) is 1.61. The third-order valence-electron chi connectivity index (χ3n) is 3.46. The Balaban J connectivity index is 2.01. The van der Waals surface area contributed by atoms with Crippen LogP contribution in [-0.4, -0.2) is 56.1 Å². The Kier molecular flexibility index (Phi) is 3.10. The first-order chi connectivity index (χ1) is 9.50. The lowest BCUT2D eigenvalue weighted by molar-refractivity contribution is -0.101. The molecular formula is C13H19N5O2. The predicted molar refractivity (Wildman–Crippen MR) is 73.8 cm³/mol. The van der Waals surface area contributed by atoms with Gasteiger partial charge in [-0.05, 0) is 20.8 Å². The summed E-state index contributed by atoms with van der Waals surface area (Å²) >= 11 is 0. The molecule has 0 saturated carbocycles. The van der Waals surface area contributed by atoms with Crippen LogP contribution in [0.15, 0.2) is 12.4 Å². The number of aryl methyl sites for hydroxylation is 1. The maximum atomic E-state index is 9.40. The lowest BCUT2D eigenvalue weighted by Gasteiger charge is -2.42. The van der Waals surface area contributed by atoms with Crippen LogP contribution < -0.4 is 4.90 Å². The Morgan fingerprint density at radius 2 is 2.25 bits per heavy atom. The van der Waals surface area contributed by atoms with Gasteiger partial charge in [-0.2, -0.15) is 0 Å². The molecule has 20 heavy (non-hydrogen) atoms. The van der Waals surface area contributed by atoms with Gasteiger partial charge in [-0.25, -0.2) is 4.98 Å². The molecule has 1 saturated heterocycles. The molecule has 0 bridgehead atoms. The number of morpholine rings is 1. The molecule has 1 unspecified atom stereocenters. The number of hydrogen-bond acceptors (Lipinski definition) is 6. The van der Waals surface area contributed by atoms with E-state index in [-0.39, 0.29) is 18.3 Å². The van der Waals surface area contributed by atoms with Gasteiger partial charge < -0.3 is 14.7 Å². The largest absolute Gasteiger partial charge is 0.394 e. The molecule has 3 heterocycles. The first-order valence-electron chi connectivity index (χ1n) is 6.70. The monoisotopic (exact) mass is 277 g/mol. The summed E-state index contributed by atoms with van der Waals surface area (Å²) in [5.41, 5.74) is 0.397. The van der Waals surface area contributed by atoms with E-state index < -0.39 is 0 Å². The minimum Gasteiger partial charge on any atom is -0.394 e. The van der Waals surface area contributed by atoms with Gasteiger partial charge in [0.15, 0.2) is 5.82 Å². The van der Waals surface area contributed by atoms with Gasteiger partial charge in [0.25, 0.3) is 0 Å². The zero-order chi connectivity index (χ0) is 14.3. The molecule has 0 aromatic carbocycles. The molecule has 0 aliphatic carbocycles.